The molecule has 0 unspecified atom stereocenters. The third-order valence-electron chi connectivity index (χ3n) is 3.28. The minimum Gasteiger partial charge on any atom is -0.351 e. The molecule has 2 rings (SSSR count). The number of hydrogen-bond donors (Lipinski definition) is 1. The van der Waals surface area contributed by atoms with Crippen LogP contribution < -0.4 is 5.32 Å². The molecule has 0 bridgehead atoms. The van der Waals surface area contributed by atoms with Crippen molar-refractivity contribution in [1.29, 1.82) is 0 Å². The van der Waals surface area contributed by atoms with E-state index in [2.05, 4.69) is 26.1 Å². The Morgan fingerprint density at radius 3 is 2.83 bits per heavy atom. The first-order valence-electron chi connectivity index (χ1n) is 6.43. The van der Waals surface area contributed by atoms with Crippen molar-refractivity contribution >= 4 is 21.8 Å². The summed E-state index contributed by atoms with van der Waals surface area (Å²) >= 11 is 3.42. The number of halogens is 1. The molecule has 1 aromatic rings. The minimum absolute atomic E-state index is 0.00442. The number of rotatable bonds is 4. The number of likely N-dealkylation sites (tertiary alicyclic amines) is 1. The third-order valence-corrected chi connectivity index (χ3v) is 3.97. The van der Waals surface area contributed by atoms with Crippen LogP contribution in [0.2, 0.25) is 0 Å². The minimum atomic E-state index is 0.00442. The van der Waals surface area contributed by atoms with Crippen molar-refractivity contribution in [3.05, 3.63) is 33.8 Å². The fourth-order valence-corrected chi connectivity index (χ4v) is 2.67. The Labute approximate surface area is 117 Å². The summed E-state index contributed by atoms with van der Waals surface area (Å²) in [5, 5.41) is 2.98. The molecule has 0 aliphatic carbocycles. The molecular formula is C14H19BrN2O. The van der Waals surface area contributed by atoms with Crippen LogP contribution in [0.1, 0.15) is 28.8 Å². The topological polar surface area (TPSA) is 32.3 Å². The van der Waals surface area contributed by atoms with Gasteiger partial charge in [-0.25, -0.2) is 0 Å². The first-order valence-corrected chi connectivity index (χ1v) is 7.23. The lowest BCUT2D eigenvalue weighted by Gasteiger charge is -2.15. The van der Waals surface area contributed by atoms with E-state index in [1.165, 1.54) is 25.9 Å². The van der Waals surface area contributed by atoms with Crippen molar-refractivity contribution in [3.8, 4) is 0 Å². The summed E-state index contributed by atoms with van der Waals surface area (Å²) in [6.45, 7) is 6.01. The number of amides is 1. The van der Waals surface area contributed by atoms with Gasteiger partial charge >= 0.3 is 0 Å². The molecule has 1 heterocycles. The molecule has 1 aliphatic rings. The van der Waals surface area contributed by atoms with E-state index in [0.29, 0.717) is 0 Å². The highest BCUT2D eigenvalue weighted by Gasteiger charge is 2.13. The van der Waals surface area contributed by atoms with Crippen molar-refractivity contribution in [3.63, 3.8) is 0 Å². The van der Waals surface area contributed by atoms with Crippen LogP contribution in [0.25, 0.3) is 0 Å². The average molecular weight is 311 g/mol. The Kier molecular flexibility index (Phi) is 4.78. The Morgan fingerprint density at radius 2 is 2.11 bits per heavy atom. The zero-order valence-electron chi connectivity index (χ0n) is 10.7. The molecule has 1 saturated heterocycles. The first-order chi connectivity index (χ1) is 8.66. The van der Waals surface area contributed by atoms with Crippen molar-refractivity contribution in [1.82, 2.24) is 10.2 Å². The molecule has 4 heteroatoms. The van der Waals surface area contributed by atoms with E-state index in [-0.39, 0.29) is 5.91 Å². The number of carbonyl (C=O) groups excluding carboxylic acids is 1. The van der Waals surface area contributed by atoms with Crippen LogP contribution in [-0.2, 0) is 0 Å². The SMILES string of the molecule is Cc1ccc(Br)c(C(=O)NCCN2CCCC2)c1. The van der Waals surface area contributed by atoms with Crippen molar-refractivity contribution < 1.29 is 4.79 Å². The zero-order valence-corrected chi connectivity index (χ0v) is 12.3. The van der Waals surface area contributed by atoms with Gasteiger partial charge in [-0.1, -0.05) is 11.6 Å². The largest absolute Gasteiger partial charge is 0.351 e. The Balaban J connectivity index is 1.85. The van der Waals surface area contributed by atoms with Gasteiger partial charge < -0.3 is 10.2 Å². The van der Waals surface area contributed by atoms with Crippen LogP contribution in [-0.4, -0.2) is 37.0 Å². The second kappa shape index (κ2) is 6.34. The second-order valence-corrected chi connectivity index (χ2v) is 5.64. The highest BCUT2D eigenvalue weighted by Crippen LogP contribution is 2.17. The van der Waals surface area contributed by atoms with Gasteiger partial charge in [0, 0.05) is 17.6 Å². The zero-order chi connectivity index (χ0) is 13.0. The average Bonchev–Trinajstić information content (AvgIpc) is 2.85. The fourth-order valence-electron chi connectivity index (χ4n) is 2.24. The number of nitrogens with one attached hydrogen (secondary N) is 1. The summed E-state index contributed by atoms with van der Waals surface area (Å²) in [6, 6.07) is 5.82. The summed E-state index contributed by atoms with van der Waals surface area (Å²) < 4.78 is 0.853. The van der Waals surface area contributed by atoms with Gasteiger partial charge in [0.2, 0.25) is 0 Å². The van der Waals surface area contributed by atoms with Gasteiger partial charge in [0.25, 0.3) is 5.91 Å². The van der Waals surface area contributed by atoms with Crippen LogP contribution in [0.4, 0.5) is 0 Å². The lowest BCUT2D eigenvalue weighted by molar-refractivity contribution is 0.0949. The number of carbonyl (C=O) groups is 1. The van der Waals surface area contributed by atoms with Crippen molar-refractivity contribution in [2.24, 2.45) is 0 Å². The lowest BCUT2D eigenvalue weighted by atomic mass is 10.1. The number of nitrogens with zero attached hydrogens (tertiary/aromatic N) is 1. The fraction of sp³-hybridized carbons (Fsp3) is 0.500. The van der Waals surface area contributed by atoms with Gasteiger partial charge in [0.15, 0.2) is 0 Å². The molecule has 0 spiro atoms. The molecular weight excluding hydrogens is 292 g/mol. The van der Waals surface area contributed by atoms with Gasteiger partial charge in [-0.3, -0.25) is 4.79 Å². The highest BCUT2D eigenvalue weighted by atomic mass is 79.9. The Hall–Kier alpha value is -0.870. The Morgan fingerprint density at radius 1 is 1.39 bits per heavy atom. The predicted molar refractivity (Wildman–Crippen MR) is 76.9 cm³/mol. The summed E-state index contributed by atoms with van der Waals surface area (Å²) in [4.78, 5) is 14.4. The highest BCUT2D eigenvalue weighted by molar-refractivity contribution is 9.10. The van der Waals surface area contributed by atoms with Crippen molar-refractivity contribution in [2.45, 2.75) is 19.8 Å². The molecule has 0 radical (unpaired) electrons. The smallest absolute Gasteiger partial charge is 0.252 e. The van der Waals surface area contributed by atoms with Crippen LogP contribution in [0.5, 0.6) is 0 Å². The van der Waals surface area contributed by atoms with E-state index in [4.69, 9.17) is 0 Å². The van der Waals surface area contributed by atoms with E-state index >= 15 is 0 Å². The molecule has 1 amide bonds. The maximum Gasteiger partial charge on any atom is 0.252 e. The standard InChI is InChI=1S/C14H19BrN2O/c1-11-4-5-13(15)12(10-11)14(18)16-6-9-17-7-2-3-8-17/h4-5,10H,2-3,6-9H2,1H3,(H,16,18). The number of aryl methyl sites for hydroxylation is 1. The molecule has 3 nitrogen and oxygen atoms in total. The summed E-state index contributed by atoms with van der Waals surface area (Å²) in [6.07, 6.45) is 2.58. The third kappa shape index (κ3) is 3.56. The molecule has 1 fully saturated rings. The normalized spacial score (nSPS) is 15.9. The van der Waals surface area contributed by atoms with E-state index in [1.807, 2.05) is 25.1 Å². The monoisotopic (exact) mass is 310 g/mol. The molecule has 18 heavy (non-hydrogen) atoms. The molecule has 0 aromatic heterocycles. The lowest BCUT2D eigenvalue weighted by Crippen LogP contribution is -2.33. The molecule has 1 aromatic carbocycles. The van der Waals surface area contributed by atoms with Crippen molar-refractivity contribution in [2.75, 3.05) is 26.2 Å². The maximum atomic E-state index is 12.0. The van der Waals surface area contributed by atoms with Gasteiger partial charge in [-0.05, 0) is 60.9 Å². The molecule has 0 saturated carbocycles. The predicted octanol–water partition coefficient (Wildman–Crippen LogP) is 2.58. The summed E-state index contributed by atoms with van der Waals surface area (Å²) in [5.74, 6) is 0.00442. The van der Waals surface area contributed by atoms with Gasteiger partial charge in [0.05, 0.1) is 5.56 Å². The van der Waals surface area contributed by atoms with E-state index in [9.17, 15) is 4.79 Å². The second-order valence-electron chi connectivity index (χ2n) is 4.79. The molecule has 98 valence electrons. The van der Waals surface area contributed by atoms with Gasteiger partial charge in [-0.2, -0.15) is 0 Å². The number of benzene rings is 1. The maximum absolute atomic E-state index is 12.0. The quantitative estimate of drug-likeness (QED) is 0.927. The molecule has 1 N–H and O–H groups in total. The van der Waals surface area contributed by atoms with E-state index in [0.717, 1.165) is 28.7 Å². The van der Waals surface area contributed by atoms with Gasteiger partial charge in [0.1, 0.15) is 0 Å². The molecule has 1 aliphatic heterocycles. The summed E-state index contributed by atoms with van der Waals surface area (Å²) in [7, 11) is 0. The Bertz CT molecular complexity index is 428. The first kappa shape index (κ1) is 13.6. The van der Waals surface area contributed by atoms with Crippen LogP contribution in [0.15, 0.2) is 22.7 Å². The van der Waals surface area contributed by atoms with E-state index in [1.54, 1.807) is 0 Å². The number of hydrogen-bond acceptors (Lipinski definition) is 2. The van der Waals surface area contributed by atoms with Gasteiger partial charge in [-0.15, -0.1) is 0 Å². The van der Waals surface area contributed by atoms with E-state index < -0.39 is 0 Å². The molecule has 0 atom stereocenters. The van der Waals surface area contributed by atoms with Crippen LogP contribution >= 0.6 is 15.9 Å². The van der Waals surface area contributed by atoms with Crippen LogP contribution in [0, 0.1) is 6.92 Å². The summed E-state index contributed by atoms with van der Waals surface area (Å²) in [5.41, 5.74) is 1.82. The van der Waals surface area contributed by atoms with Crippen LogP contribution in [0.3, 0.4) is 0 Å².